The Hall–Kier alpha value is -2.45. The Morgan fingerprint density at radius 3 is 0.735 bits per heavy atom. The second-order valence-electron chi connectivity index (χ2n) is 8.87. The quantitative estimate of drug-likeness (QED) is 0.276. The number of carbonyl (C=O) groups is 3. The average molecular weight is 527 g/mol. The van der Waals surface area contributed by atoms with Crippen LogP contribution >= 0.6 is 0 Å². The number of hydrogen-bond acceptors (Lipinski definition) is 6. The Kier molecular flexibility index (Phi) is 22.8. The molecule has 0 aliphatic rings. The Morgan fingerprint density at radius 1 is 0.500 bits per heavy atom. The minimum atomic E-state index is -0.184. The third-order valence-corrected chi connectivity index (χ3v) is 3.91. The van der Waals surface area contributed by atoms with E-state index in [9.17, 15) is 14.4 Å². The maximum atomic E-state index is 10.9. The van der Waals surface area contributed by atoms with Crippen LogP contribution in [0, 0.1) is 17.8 Å². The molecular formula is C24H45FeN3O6. The van der Waals surface area contributed by atoms with Gasteiger partial charge in [0.05, 0.1) is 0 Å². The van der Waals surface area contributed by atoms with Gasteiger partial charge >= 0.3 is 0 Å². The van der Waals surface area contributed by atoms with Gasteiger partial charge in [0.2, 0.25) is 17.7 Å². The molecule has 0 rings (SSSR count). The van der Waals surface area contributed by atoms with Crippen molar-refractivity contribution in [2.45, 2.75) is 41.5 Å². The fourth-order valence-electron chi connectivity index (χ4n) is 1.27. The number of rotatable bonds is 6. The second-order valence-corrected chi connectivity index (χ2v) is 8.87. The zero-order valence-electron chi connectivity index (χ0n) is 22.7. The second kappa shape index (κ2) is 20.0. The van der Waals surface area contributed by atoms with Gasteiger partial charge in [-0.3, -0.25) is 14.4 Å². The number of aliphatic hydroxyl groups excluding tert-OH is 3. The van der Waals surface area contributed by atoms with Gasteiger partial charge in [0.1, 0.15) is 17.3 Å². The third kappa shape index (κ3) is 21.4. The van der Waals surface area contributed by atoms with Gasteiger partial charge in [-0.15, -0.1) is 0 Å². The van der Waals surface area contributed by atoms with E-state index in [2.05, 4.69) is 0 Å². The molecule has 0 spiro atoms. The van der Waals surface area contributed by atoms with Crippen molar-refractivity contribution < 1.29 is 46.8 Å². The van der Waals surface area contributed by atoms with Crippen LogP contribution in [-0.2, 0) is 31.5 Å². The van der Waals surface area contributed by atoms with E-state index in [-0.39, 0.29) is 69.8 Å². The summed E-state index contributed by atoms with van der Waals surface area (Å²) in [7, 11) is 9.87. The van der Waals surface area contributed by atoms with Gasteiger partial charge in [0.25, 0.3) is 0 Å². The molecule has 0 saturated carbocycles. The fourth-order valence-corrected chi connectivity index (χ4v) is 1.27. The third-order valence-electron chi connectivity index (χ3n) is 3.91. The van der Waals surface area contributed by atoms with E-state index in [0.717, 1.165) is 0 Å². The summed E-state index contributed by atoms with van der Waals surface area (Å²) in [6, 6.07) is 0. The fraction of sp³-hybridized carbons (Fsp3) is 0.625. The first-order chi connectivity index (χ1) is 14.8. The number of carbonyl (C=O) groups excluding carboxylic acids is 3. The summed E-state index contributed by atoms with van der Waals surface area (Å²) in [6.45, 7) is 11.0. The topological polar surface area (TPSA) is 122 Å². The SMILES string of the molecule is CC(C)C(O)=CC(=O)N(C)C.CC(C)C(O)=CC(=O)N(C)C.CC(C)C(O)=CC(=O)N(C)C.[Fe]. The molecule has 0 saturated heterocycles. The molecular weight excluding hydrogens is 482 g/mol. The van der Waals surface area contributed by atoms with Gasteiger partial charge in [-0.2, -0.15) is 0 Å². The molecule has 0 atom stereocenters. The van der Waals surface area contributed by atoms with E-state index in [0.29, 0.717) is 0 Å². The monoisotopic (exact) mass is 527 g/mol. The summed E-state index contributed by atoms with van der Waals surface area (Å²) in [5.41, 5.74) is 0. The maximum absolute atomic E-state index is 10.9. The minimum Gasteiger partial charge on any atom is -0.512 e. The van der Waals surface area contributed by atoms with E-state index in [1.807, 2.05) is 41.5 Å². The molecule has 0 unspecified atom stereocenters. The average Bonchev–Trinajstić information content (AvgIpc) is 2.67. The molecule has 0 fully saturated rings. The van der Waals surface area contributed by atoms with Crippen LogP contribution in [0.2, 0.25) is 0 Å². The van der Waals surface area contributed by atoms with Gasteiger partial charge in [0.15, 0.2) is 0 Å². The van der Waals surface area contributed by atoms with E-state index >= 15 is 0 Å². The Labute approximate surface area is 216 Å². The molecule has 0 aromatic heterocycles. The molecule has 34 heavy (non-hydrogen) atoms. The zero-order chi connectivity index (χ0) is 27.0. The predicted molar refractivity (Wildman–Crippen MR) is 133 cm³/mol. The van der Waals surface area contributed by atoms with Crippen LogP contribution in [0.15, 0.2) is 35.5 Å². The van der Waals surface area contributed by atoms with Crippen molar-refractivity contribution in [2.75, 3.05) is 42.3 Å². The van der Waals surface area contributed by atoms with Crippen molar-refractivity contribution in [3.63, 3.8) is 0 Å². The number of likely N-dealkylation sites (N-methyl/N-ethyl adjacent to an activating group) is 3. The smallest absolute Gasteiger partial charge is 0.249 e. The zero-order valence-corrected chi connectivity index (χ0v) is 23.8. The number of allylic oxidation sites excluding steroid dienone is 3. The van der Waals surface area contributed by atoms with Crippen LogP contribution in [0.3, 0.4) is 0 Å². The molecule has 10 heteroatoms. The number of hydrogen-bond donors (Lipinski definition) is 3. The summed E-state index contributed by atoms with van der Waals surface area (Å²) >= 11 is 0. The summed E-state index contributed by atoms with van der Waals surface area (Å²) in [5.74, 6) is -0.128. The molecule has 0 aliphatic heterocycles. The molecule has 0 heterocycles. The number of amides is 3. The summed E-state index contributed by atoms with van der Waals surface area (Å²) in [4.78, 5) is 37.1. The normalized spacial score (nSPS) is 11.6. The van der Waals surface area contributed by atoms with E-state index in [4.69, 9.17) is 15.3 Å². The standard InChI is InChI=1S/3C8H15NO2.Fe/c3*1-6(2)7(10)5-8(11)9(3)4;/h3*5-6,10H,1-4H3;. The molecule has 0 aliphatic carbocycles. The summed E-state index contributed by atoms with van der Waals surface area (Å²) < 4.78 is 0. The Bertz CT molecular complexity index is 614. The maximum Gasteiger partial charge on any atom is 0.249 e. The van der Waals surface area contributed by atoms with Crippen molar-refractivity contribution in [3.05, 3.63) is 35.5 Å². The van der Waals surface area contributed by atoms with Crippen LogP contribution in [0.4, 0.5) is 0 Å². The van der Waals surface area contributed by atoms with Gasteiger partial charge in [0, 0.05) is 95.3 Å². The van der Waals surface area contributed by atoms with Gasteiger partial charge in [-0.1, -0.05) is 41.5 Å². The number of aliphatic hydroxyl groups is 3. The van der Waals surface area contributed by atoms with Crippen LogP contribution in [0.1, 0.15) is 41.5 Å². The molecule has 200 valence electrons. The minimum absolute atomic E-state index is 0. The van der Waals surface area contributed by atoms with Crippen LogP contribution in [0.5, 0.6) is 0 Å². The van der Waals surface area contributed by atoms with E-state index in [1.54, 1.807) is 42.3 Å². The Balaban J connectivity index is -0.000000196. The molecule has 0 bridgehead atoms. The molecule has 0 radical (unpaired) electrons. The summed E-state index contributed by atoms with van der Waals surface area (Å²) in [6.07, 6.45) is 3.72. The summed E-state index contributed by atoms with van der Waals surface area (Å²) in [5, 5.41) is 27.5. The van der Waals surface area contributed by atoms with Gasteiger partial charge in [-0.05, 0) is 0 Å². The van der Waals surface area contributed by atoms with Crippen molar-refractivity contribution in [1.82, 2.24) is 14.7 Å². The van der Waals surface area contributed by atoms with Crippen molar-refractivity contribution in [3.8, 4) is 0 Å². The molecule has 9 nitrogen and oxygen atoms in total. The first-order valence-electron chi connectivity index (χ1n) is 10.7. The Morgan fingerprint density at radius 2 is 0.647 bits per heavy atom. The molecule has 0 aromatic rings. The number of nitrogens with zero attached hydrogens (tertiary/aromatic N) is 3. The van der Waals surface area contributed by atoms with Crippen LogP contribution in [-0.4, -0.2) is 90.0 Å². The van der Waals surface area contributed by atoms with Gasteiger partial charge < -0.3 is 30.0 Å². The molecule has 3 N–H and O–H groups in total. The first-order valence-corrected chi connectivity index (χ1v) is 10.7. The van der Waals surface area contributed by atoms with Crippen molar-refractivity contribution >= 4 is 17.7 Å². The largest absolute Gasteiger partial charge is 0.512 e. The van der Waals surface area contributed by atoms with Crippen LogP contribution in [0.25, 0.3) is 0 Å². The van der Waals surface area contributed by atoms with Crippen molar-refractivity contribution in [1.29, 1.82) is 0 Å². The van der Waals surface area contributed by atoms with E-state index in [1.165, 1.54) is 32.9 Å². The van der Waals surface area contributed by atoms with Gasteiger partial charge in [-0.25, -0.2) is 0 Å². The molecule has 0 aromatic carbocycles. The van der Waals surface area contributed by atoms with Crippen LogP contribution < -0.4 is 0 Å². The first kappa shape index (κ1) is 38.8. The molecule has 3 amide bonds. The van der Waals surface area contributed by atoms with E-state index < -0.39 is 0 Å². The van der Waals surface area contributed by atoms with Crippen molar-refractivity contribution in [2.24, 2.45) is 17.8 Å². The predicted octanol–water partition coefficient (Wildman–Crippen LogP) is 3.52.